The van der Waals surface area contributed by atoms with Gasteiger partial charge < -0.3 is 19.3 Å². The van der Waals surface area contributed by atoms with Crippen molar-refractivity contribution in [3.05, 3.63) is 35.2 Å². The van der Waals surface area contributed by atoms with E-state index in [-0.39, 0.29) is 23.5 Å². The average molecular weight is 385 g/mol. The smallest absolute Gasteiger partial charge is 0.292 e. The second-order valence-corrected chi connectivity index (χ2v) is 7.97. The van der Waals surface area contributed by atoms with E-state index in [1.54, 1.807) is 17.3 Å². The molecule has 0 saturated carbocycles. The Morgan fingerprint density at radius 2 is 2.04 bits per heavy atom. The van der Waals surface area contributed by atoms with Crippen molar-refractivity contribution in [2.45, 2.75) is 57.9 Å². The fraction of sp³-hybridized carbons (Fsp3) is 0.600. The van der Waals surface area contributed by atoms with Crippen LogP contribution in [0.4, 0.5) is 0 Å². The number of nitrogens with one attached hydrogen (secondary N) is 1. The average Bonchev–Trinajstić information content (AvgIpc) is 3.38. The van der Waals surface area contributed by atoms with Crippen LogP contribution in [-0.2, 0) is 16.8 Å². The van der Waals surface area contributed by atoms with Gasteiger partial charge in [0.1, 0.15) is 0 Å². The Morgan fingerprint density at radius 1 is 1.29 bits per heavy atom. The van der Waals surface area contributed by atoms with E-state index < -0.39 is 5.54 Å². The van der Waals surface area contributed by atoms with E-state index in [9.17, 15) is 9.59 Å². The molecule has 2 aromatic rings. The van der Waals surface area contributed by atoms with Crippen LogP contribution in [0.15, 0.2) is 16.9 Å². The van der Waals surface area contributed by atoms with Crippen molar-refractivity contribution in [1.82, 2.24) is 24.9 Å². The number of rotatable bonds is 3. The van der Waals surface area contributed by atoms with Crippen molar-refractivity contribution in [2.75, 3.05) is 19.6 Å². The molecule has 0 atom stereocenters. The van der Waals surface area contributed by atoms with Crippen LogP contribution in [0.25, 0.3) is 0 Å². The van der Waals surface area contributed by atoms with E-state index in [1.807, 2.05) is 25.7 Å². The summed E-state index contributed by atoms with van der Waals surface area (Å²) >= 11 is 0. The first-order valence-electron chi connectivity index (χ1n) is 10.1. The van der Waals surface area contributed by atoms with Crippen LogP contribution in [-0.4, -0.2) is 56.4 Å². The van der Waals surface area contributed by atoms with E-state index in [4.69, 9.17) is 4.52 Å². The molecule has 0 aliphatic carbocycles. The highest BCUT2D eigenvalue weighted by molar-refractivity contribution is 5.91. The second-order valence-electron chi connectivity index (χ2n) is 7.97. The van der Waals surface area contributed by atoms with Crippen molar-refractivity contribution < 1.29 is 14.1 Å². The highest BCUT2D eigenvalue weighted by atomic mass is 16.5. The third kappa shape index (κ3) is 2.91. The number of aromatic amines is 1. The molecule has 1 saturated heterocycles. The zero-order valence-corrected chi connectivity index (χ0v) is 16.7. The maximum atomic E-state index is 12.9. The number of nitrogens with zero attached hydrogens (tertiary/aromatic N) is 4. The van der Waals surface area contributed by atoms with Gasteiger partial charge in [-0.05, 0) is 18.8 Å². The number of hydrogen-bond donors (Lipinski definition) is 1. The molecule has 8 nitrogen and oxygen atoms in total. The molecule has 2 aromatic heterocycles. The fourth-order valence-electron chi connectivity index (χ4n) is 4.44. The van der Waals surface area contributed by atoms with Crippen molar-refractivity contribution in [3.63, 3.8) is 0 Å². The topological polar surface area (TPSA) is 95.3 Å². The molecule has 4 heterocycles. The summed E-state index contributed by atoms with van der Waals surface area (Å²) in [6, 6.07) is 1.73. The predicted octanol–water partition coefficient (Wildman–Crippen LogP) is 2.45. The Morgan fingerprint density at radius 3 is 2.68 bits per heavy atom. The Balaban J connectivity index is 1.56. The van der Waals surface area contributed by atoms with Gasteiger partial charge in [-0.2, -0.15) is 0 Å². The van der Waals surface area contributed by atoms with Gasteiger partial charge in [0.05, 0.1) is 23.3 Å². The first-order valence-corrected chi connectivity index (χ1v) is 10.1. The lowest BCUT2D eigenvalue weighted by Crippen LogP contribution is -2.58. The minimum atomic E-state index is -0.429. The maximum Gasteiger partial charge on any atom is 0.292 e. The minimum absolute atomic E-state index is 0.138. The lowest BCUT2D eigenvalue weighted by Gasteiger charge is -2.50. The lowest BCUT2D eigenvalue weighted by atomic mass is 9.78. The number of carbonyl (C=O) groups excluding carboxylic acids is 2. The number of piperidine rings is 1. The molecule has 2 aliphatic heterocycles. The Labute approximate surface area is 164 Å². The molecule has 0 bridgehead atoms. The van der Waals surface area contributed by atoms with Gasteiger partial charge in [0.15, 0.2) is 0 Å². The predicted molar refractivity (Wildman–Crippen MR) is 102 cm³/mol. The van der Waals surface area contributed by atoms with E-state index in [2.05, 4.69) is 15.1 Å². The summed E-state index contributed by atoms with van der Waals surface area (Å²) in [5.41, 5.74) is 2.43. The van der Waals surface area contributed by atoms with Crippen LogP contribution >= 0.6 is 0 Å². The summed E-state index contributed by atoms with van der Waals surface area (Å²) in [5.74, 6) is 0.500. The maximum absolute atomic E-state index is 12.9. The molecule has 150 valence electrons. The van der Waals surface area contributed by atoms with Crippen molar-refractivity contribution in [1.29, 1.82) is 0 Å². The summed E-state index contributed by atoms with van der Waals surface area (Å²) in [6.45, 7) is 7.72. The molecule has 4 rings (SSSR count). The van der Waals surface area contributed by atoms with Gasteiger partial charge in [0, 0.05) is 44.2 Å². The fourth-order valence-corrected chi connectivity index (χ4v) is 4.44. The van der Waals surface area contributed by atoms with Gasteiger partial charge in [-0.1, -0.05) is 25.9 Å². The van der Waals surface area contributed by atoms with Crippen LogP contribution in [0, 0.1) is 0 Å². The van der Waals surface area contributed by atoms with E-state index >= 15 is 0 Å². The molecule has 8 heteroatoms. The van der Waals surface area contributed by atoms with Gasteiger partial charge in [-0.25, -0.2) is 4.98 Å². The van der Waals surface area contributed by atoms with Crippen LogP contribution in [0.5, 0.6) is 0 Å². The van der Waals surface area contributed by atoms with Crippen molar-refractivity contribution >= 4 is 11.8 Å². The SMILES string of the molecule is CCC(=O)N1CCc2[nH]cnc2C12CCN(C(=O)c1cc(C(C)C)no1)CC2. The number of aromatic nitrogens is 3. The van der Waals surface area contributed by atoms with Gasteiger partial charge in [0.25, 0.3) is 5.91 Å². The van der Waals surface area contributed by atoms with Gasteiger partial charge in [-0.3, -0.25) is 9.59 Å². The molecular weight excluding hydrogens is 358 g/mol. The largest absolute Gasteiger partial charge is 0.351 e. The molecular formula is C20H27N5O3. The molecule has 28 heavy (non-hydrogen) atoms. The van der Waals surface area contributed by atoms with Crippen molar-refractivity contribution in [2.24, 2.45) is 0 Å². The molecule has 2 amide bonds. The first kappa shape index (κ1) is 18.7. The monoisotopic (exact) mass is 385 g/mol. The van der Waals surface area contributed by atoms with Crippen LogP contribution in [0.2, 0.25) is 0 Å². The highest BCUT2D eigenvalue weighted by Gasteiger charge is 2.49. The number of fused-ring (bicyclic) bond motifs is 2. The standard InChI is InChI=1S/C20H27N5O3/c1-4-17(26)25-8-5-14-18(22-12-21-14)20(25)6-9-24(10-7-20)19(27)16-11-15(13(2)3)23-28-16/h11-13H,4-10H2,1-3H3,(H,21,22). The minimum Gasteiger partial charge on any atom is -0.351 e. The Bertz CT molecular complexity index is 876. The van der Waals surface area contributed by atoms with Crippen LogP contribution < -0.4 is 0 Å². The summed E-state index contributed by atoms with van der Waals surface area (Å²) in [4.78, 5) is 37.1. The molecule has 0 aromatic carbocycles. The normalized spacial score (nSPS) is 18.6. The molecule has 1 fully saturated rings. The number of H-pyrrole nitrogens is 1. The zero-order valence-electron chi connectivity index (χ0n) is 16.7. The Hall–Kier alpha value is -2.64. The van der Waals surface area contributed by atoms with Crippen LogP contribution in [0.1, 0.15) is 73.6 Å². The highest BCUT2D eigenvalue weighted by Crippen LogP contribution is 2.42. The molecule has 2 aliphatic rings. The molecule has 1 spiro atoms. The summed E-state index contributed by atoms with van der Waals surface area (Å²) in [5, 5.41) is 3.99. The molecule has 0 radical (unpaired) electrons. The van der Waals surface area contributed by atoms with Gasteiger partial charge in [0.2, 0.25) is 11.7 Å². The first-order chi connectivity index (χ1) is 13.5. The van der Waals surface area contributed by atoms with E-state index in [0.717, 1.165) is 23.5 Å². The van der Waals surface area contributed by atoms with Crippen molar-refractivity contribution in [3.8, 4) is 0 Å². The quantitative estimate of drug-likeness (QED) is 0.876. The molecule has 1 N–H and O–H groups in total. The summed E-state index contributed by atoms with van der Waals surface area (Å²) in [7, 11) is 0. The van der Waals surface area contributed by atoms with E-state index in [0.29, 0.717) is 38.9 Å². The second kappa shape index (κ2) is 7.07. The zero-order chi connectivity index (χ0) is 19.9. The van der Waals surface area contributed by atoms with Gasteiger partial charge >= 0.3 is 0 Å². The number of carbonyl (C=O) groups is 2. The third-order valence-electron chi connectivity index (χ3n) is 6.07. The lowest BCUT2D eigenvalue weighted by molar-refractivity contribution is -0.141. The van der Waals surface area contributed by atoms with E-state index in [1.165, 1.54) is 0 Å². The third-order valence-corrected chi connectivity index (χ3v) is 6.07. The van der Waals surface area contributed by atoms with Gasteiger partial charge in [-0.15, -0.1) is 0 Å². The summed E-state index contributed by atoms with van der Waals surface area (Å²) in [6.07, 6.45) is 4.33. The Kier molecular flexibility index (Phi) is 4.72. The number of hydrogen-bond acceptors (Lipinski definition) is 5. The summed E-state index contributed by atoms with van der Waals surface area (Å²) < 4.78 is 5.28. The number of likely N-dealkylation sites (tertiary alicyclic amines) is 1. The number of imidazole rings is 1. The number of amides is 2. The van der Waals surface area contributed by atoms with Crippen LogP contribution in [0.3, 0.4) is 0 Å². The molecule has 0 unspecified atom stereocenters.